The van der Waals surface area contributed by atoms with Gasteiger partial charge in [-0.1, -0.05) is 39.5 Å². The number of unbranched alkanes of at least 4 members (excludes halogenated alkanes) is 4. The fourth-order valence-corrected chi connectivity index (χ4v) is 2.16. The van der Waals surface area contributed by atoms with Crippen LogP contribution in [0.15, 0.2) is 18.2 Å². The third-order valence-electron chi connectivity index (χ3n) is 3.31. The number of benzene rings is 1. The van der Waals surface area contributed by atoms with Crippen LogP contribution in [0.4, 0.5) is 14.5 Å². The van der Waals surface area contributed by atoms with Crippen LogP contribution in [0.5, 0.6) is 0 Å². The summed E-state index contributed by atoms with van der Waals surface area (Å²) >= 11 is 0. The molecule has 108 valence electrons. The minimum Gasteiger partial charge on any atom is -0.369 e. The molecule has 1 aromatic rings. The van der Waals surface area contributed by atoms with Gasteiger partial charge in [0, 0.05) is 19.2 Å². The molecule has 1 aromatic carbocycles. The predicted molar refractivity (Wildman–Crippen MR) is 77.6 cm³/mol. The van der Waals surface area contributed by atoms with Crippen LogP contribution in [0.2, 0.25) is 0 Å². The molecule has 0 aliphatic rings. The van der Waals surface area contributed by atoms with Gasteiger partial charge in [-0.25, -0.2) is 8.78 Å². The maximum atomic E-state index is 13.8. The third-order valence-corrected chi connectivity index (χ3v) is 3.31. The summed E-state index contributed by atoms with van der Waals surface area (Å²) in [5, 5.41) is 0. The summed E-state index contributed by atoms with van der Waals surface area (Å²) in [6, 6.07) is 3.70. The largest absolute Gasteiger partial charge is 0.369 e. The molecule has 0 unspecified atom stereocenters. The minimum atomic E-state index is -0.369. The lowest BCUT2D eigenvalue weighted by Crippen LogP contribution is -2.26. The summed E-state index contributed by atoms with van der Waals surface area (Å²) in [7, 11) is 0. The van der Waals surface area contributed by atoms with E-state index in [2.05, 4.69) is 13.8 Å². The van der Waals surface area contributed by atoms with Crippen molar-refractivity contribution in [3.05, 3.63) is 29.8 Å². The minimum absolute atomic E-state index is 0.326. The van der Waals surface area contributed by atoms with Gasteiger partial charge in [-0.2, -0.15) is 0 Å². The van der Waals surface area contributed by atoms with Crippen LogP contribution in [0, 0.1) is 11.6 Å². The van der Waals surface area contributed by atoms with E-state index in [1.54, 1.807) is 0 Å². The Morgan fingerprint density at radius 1 is 0.895 bits per heavy atom. The van der Waals surface area contributed by atoms with E-state index >= 15 is 0 Å². The van der Waals surface area contributed by atoms with Crippen molar-refractivity contribution >= 4 is 5.69 Å². The quantitative estimate of drug-likeness (QED) is 0.560. The van der Waals surface area contributed by atoms with E-state index in [4.69, 9.17) is 0 Å². The molecule has 19 heavy (non-hydrogen) atoms. The zero-order valence-corrected chi connectivity index (χ0v) is 12.1. The molecule has 0 fully saturated rings. The van der Waals surface area contributed by atoms with Crippen molar-refractivity contribution in [1.82, 2.24) is 0 Å². The molecule has 0 saturated heterocycles. The van der Waals surface area contributed by atoms with E-state index in [0.717, 1.165) is 38.8 Å². The van der Waals surface area contributed by atoms with Gasteiger partial charge in [-0.3, -0.25) is 0 Å². The number of hydrogen-bond donors (Lipinski definition) is 0. The first-order valence-corrected chi connectivity index (χ1v) is 7.39. The van der Waals surface area contributed by atoms with Crippen molar-refractivity contribution in [2.24, 2.45) is 0 Å². The van der Waals surface area contributed by atoms with Crippen molar-refractivity contribution in [2.75, 3.05) is 18.0 Å². The lowest BCUT2D eigenvalue weighted by atomic mass is 10.1. The maximum absolute atomic E-state index is 13.8. The molecule has 0 aromatic heterocycles. The van der Waals surface area contributed by atoms with Crippen LogP contribution in [0.1, 0.15) is 52.4 Å². The van der Waals surface area contributed by atoms with Gasteiger partial charge in [-0.15, -0.1) is 0 Å². The zero-order valence-electron chi connectivity index (χ0n) is 12.1. The summed E-state index contributed by atoms with van der Waals surface area (Å²) in [4.78, 5) is 1.98. The van der Waals surface area contributed by atoms with Gasteiger partial charge in [0.05, 0.1) is 5.69 Å². The number of hydrogen-bond acceptors (Lipinski definition) is 1. The summed E-state index contributed by atoms with van der Waals surface area (Å²) < 4.78 is 27.1. The second-order valence-corrected chi connectivity index (χ2v) is 5.00. The fraction of sp³-hybridized carbons (Fsp3) is 0.625. The van der Waals surface area contributed by atoms with E-state index in [1.165, 1.54) is 31.0 Å². The van der Waals surface area contributed by atoms with E-state index < -0.39 is 0 Å². The fourth-order valence-electron chi connectivity index (χ4n) is 2.16. The van der Waals surface area contributed by atoms with Crippen LogP contribution < -0.4 is 4.90 Å². The average Bonchev–Trinajstić information content (AvgIpc) is 2.41. The summed E-state index contributed by atoms with van der Waals surface area (Å²) in [5.41, 5.74) is 0.407. The highest BCUT2D eigenvalue weighted by atomic mass is 19.1. The topological polar surface area (TPSA) is 3.24 Å². The lowest BCUT2D eigenvalue weighted by Gasteiger charge is -2.25. The number of halogens is 2. The van der Waals surface area contributed by atoms with Gasteiger partial charge in [0.25, 0.3) is 0 Å². The van der Waals surface area contributed by atoms with E-state index in [9.17, 15) is 8.78 Å². The second-order valence-electron chi connectivity index (χ2n) is 5.00. The third kappa shape index (κ3) is 5.58. The Morgan fingerprint density at radius 2 is 1.58 bits per heavy atom. The Balaban J connectivity index is 2.68. The van der Waals surface area contributed by atoms with Crippen molar-refractivity contribution in [3.8, 4) is 0 Å². The molecule has 0 saturated carbocycles. The molecular formula is C16H25F2N. The molecule has 0 bridgehead atoms. The van der Waals surface area contributed by atoms with Crippen molar-refractivity contribution < 1.29 is 8.78 Å². The molecule has 0 heterocycles. The Hall–Kier alpha value is -1.12. The standard InChI is InChI=1S/C16H25F2N/c1-3-5-7-8-12-19(11-6-4-2)16-13-14(17)9-10-15(16)18/h9-10,13H,3-8,11-12H2,1-2H3. The average molecular weight is 269 g/mol. The van der Waals surface area contributed by atoms with Crippen LogP contribution in [-0.4, -0.2) is 13.1 Å². The van der Waals surface area contributed by atoms with Crippen LogP contribution in [0.25, 0.3) is 0 Å². The molecule has 0 aliphatic heterocycles. The second kappa shape index (κ2) is 8.89. The van der Waals surface area contributed by atoms with E-state index in [-0.39, 0.29) is 11.6 Å². The molecule has 0 radical (unpaired) electrons. The monoisotopic (exact) mass is 269 g/mol. The van der Waals surface area contributed by atoms with Crippen LogP contribution >= 0.6 is 0 Å². The summed E-state index contributed by atoms with van der Waals surface area (Å²) in [5.74, 6) is -0.695. The highest BCUT2D eigenvalue weighted by molar-refractivity contribution is 5.47. The molecule has 1 nitrogen and oxygen atoms in total. The molecule has 0 aliphatic carbocycles. The van der Waals surface area contributed by atoms with Crippen LogP contribution in [0.3, 0.4) is 0 Å². The summed E-state index contributed by atoms with van der Waals surface area (Å²) in [6.45, 7) is 5.88. The highest BCUT2D eigenvalue weighted by Gasteiger charge is 2.12. The molecular weight excluding hydrogens is 244 g/mol. The van der Waals surface area contributed by atoms with Gasteiger partial charge in [-0.05, 0) is 25.0 Å². The van der Waals surface area contributed by atoms with Crippen molar-refractivity contribution in [1.29, 1.82) is 0 Å². The molecule has 0 N–H and O–H groups in total. The van der Waals surface area contributed by atoms with Crippen LogP contribution in [-0.2, 0) is 0 Å². The smallest absolute Gasteiger partial charge is 0.146 e. The Bertz CT molecular complexity index is 366. The van der Waals surface area contributed by atoms with Gasteiger partial charge in [0.2, 0.25) is 0 Å². The Labute approximate surface area is 115 Å². The zero-order chi connectivity index (χ0) is 14.1. The Morgan fingerprint density at radius 3 is 2.26 bits per heavy atom. The molecule has 1 rings (SSSR count). The normalized spacial score (nSPS) is 10.7. The predicted octanol–water partition coefficient (Wildman–Crippen LogP) is 5.15. The Kier molecular flexibility index (Phi) is 7.46. The highest BCUT2D eigenvalue weighted by Crippen LogP contribution is 2.21. The van der Waals surface area contributed by atoms with Crippen molar-refractivity contribution in [2.45, 2.75) is 52.4 Å². The van der Waals surface area contributed by atoms with Gasteiger partial charge in [0.15, 0.2) is 0 Å². The SMILES string of the molecule is CCCCCCN(CCCC)c1cc(F)ccc1F. The number of nitrogens with zero attached hydrogens (tertiary/aromatic N) is 1. The molecule has 0 spiro atoms. The lowest BCUT2D eigenvalue weighted by molar-refractivity contribution is 0.579. The number of anilines is 1. The van der Waals surface area contributed by atoms with E-state index in [1.807, 2.05) is 4.90 Å². The van der Waals surface area contributed by atoms with Crippen molar-refractivity contribution in [3.63, 3.8) is 0 Å². The number of rotatable bonds is 9. The maximum Gasteiger partial charge on any atom is 0.146 e. The molecule has 3 heteroatoms. The molecule has 0 atom stereocenters. The molecule has 0 amide bonds. The van der Waals surface area contributed by atoms with Gasteiger partial charge >= 0.3 is 0 Å². The first-order chi connectivity index (χ1) is 9.19. The summed E-state index contributed by atoms with van der Waals surface area (Å²) in [6.07, 6.45) is 6.63. The van der Waals surface area contributed by atoms with Gasteiger partial charge < -0.3 is 4.90 Å². The van der Waals surface area contributed by atoms with E-state index in [0.29, 0.717) is 5.69 Å². The first kappa shape index (κ1) is 15.9. The van der Waals surface area contributed by atoms with Gasteiger partial charge in [0.1, 0.15) is 11.6 Å². The first-order valence-electron chi connectivity index (χ1n) is 7.39.